The number of anilines is 1. The SMILES string of the molecule is CCC(=O)Nc1cc(S(=O)(=O)c2ccccc2)ccc1Cl. The number of hydrogen-bond acceptors (Lipinski definition) is 3. The Kier molecular flexibility index (Phi) is 4.65. The lowest BCUT2D eigenvalue weighted by atomic mass is 10.3. The topological polar surface area (TPSA) is 63.2 Å². The second kappa shape index (κ2) is 6.28. The van der Waals surface area contributed by atoms with Gasteiger partial charge < -0.3 is 5.32 Å². The summed E-state index contributed by atoms with van der Waals surface area (Å²) in [6.45, 7) is 1.70. The number of benzene rings is 2. The van der Waals surface area contributed by atoms with Gasteiger partial charge in [0.1, 0.15) is 0 Å². The summed E-state index contributed by atoms with van der Waals surface area (Å²) >= 11 is 5.98. The van der Waals surface area contributed by atoms with Gasteiger partial charge in [-0.2, -0.15) is 0 Å². The second-order valence-electron chi connectivity index (χ2n) is 4.36. The Bertz CT molecular complexity index is 758. The zero-order valence-corrected chi connectivity index (χ0v) is 12.9. The molecule has 2 aromatic carbocycles. The first-order chi connectivity index (χ1) is 9.95. The molecule has 0 spiro atoms. The molecular weight excluding hydrogens is 310 g/mol. The van der Waals surface area contributed by atoms with Crippen LogP contribution in [0.1, 0.15) is 13.3 Å². The van der Waals surface area contributed by atoms with Crippen LogP contribution < -0.4 is 5.32 Å². The minimum Gasteiger partial charge on any atom is -0.325 e. The molecule has 0 saturated carbocycles. The van der Waals surface area contributed by atoms with E-state index in [1.807, 2.05) is 0 Å². The molecule has 0 radical (unpaired) electrons. The fourth-order valence-corrected chi connectivity index (χ4v) is 3.21. The highest BCUT2D eigenvalue weighted by molar-refractivity contribution is 7.91. The molecule has 1 N–H and O–H groups in total. The van der Waals surface area contributed by atoms with Crippen molar-refractivity contribution >= 4 is 33.0 Å². The zero-order valence-electron chi connectivity index (χ0n) is 11.3. The molecule has 6 heteroatoms. The van der Waals surface area contributed by atoms with Gasteiger partial charge in [0.2, 0.25) is 15.7 Å². The maximum atomic E-state index is 12.5. The van der Waals surface area contributed by atoms with Crippen molar-refractivity contribution in [2.75, 3.05) is 5.32 Å². The standard InChI is InChI=1S/C15H14ClNO3S/c1-2-15(18)17-14-10-12(8-9-13(14)16)21(19,20)11-6-4-3-5-7-11/h3-10H,2H2,1H3,(H,17,18). The number of nitrogens with one attached hydrogen (secondary N) is 1. The maximum absolute atomic E-state index is 12.5. The van der Waals surface area contributed by atoms with Crippen molar-refractivity contribution in [1.82, 2.24) is 0 Å². The molecule has 0 aliphatic rings. The third-order valence-corrected chi connectivity index (χ3v) is 4.99. The molecule has 0 heterocycles. The molecule has 0 unspecified atom stereocenters. The van der Waals surface area contributed by atoms with Gasteiger partial charge in [-0.1, -0.05) is 36.7 Å². The maximum Gasteiger partial charge on any atom is 0.224 e. The van der Waals surface area contributed by atoms with E-state index in [0.717, 1.165) is 0 Å². The van der Waals surface area contributed by atoms with Crippen molar-refractivity contribution in [3.8, 4) is 0 Å². The van der Waals surface area contributed by atoms with Crippen molar-refractivity contribution < 1.29 is 13.2 Å². The number of hydrogen-bond donors (Lipinski definition) is 1. The molecule has 2 aromatic rings. The number of carbonyl (C=O) groups is 1. The van der Waals surface area contributed by atoms with E-state index in [0.29, 0.717) is 10.7 Å². The van der Waals surface area contributed by atoms with Crippen LogP contribution in [0.2, 0.25) is 5.02 Å². The van der Waals surface area contributed by atoms with Crippen molar-refractivity contribution in [2.45, 2.75) is 23.1 Å². The molecule has 21 heavy (non-hydrogen) atoms. The number of sulfone groups is 1. The number of amides is 1. The van der Waals surface area contributed by atoms with E-state index < -0.39 is 9.84 Å². The summed E-state index contributed by atoms with van der Waals surface area (Å²) in [6.07, 6.45) is 0.284. The highest BCUT2D eigenvalue weighted by Crippen LogP contribution is 2.28. The largest absolute Gasteiger partial charge is 0.325 e. The van der Waals surface area contributed by atoms with Crippen LogP contribution in [0.15, 0.2) is 58.3 Å². The quantitative estimate of drug-likeness (QED) is 0.936. The van der Waals surface area contributed by atoms with Crippen LogP contribution in [-0.2, 0) is 14.6 Å². The molecule has 0 aliphatic carbocycles. The fraction of sp³-hybridized carbons (Fsp3) is 0.133. The van der Waals surface area contributed by atoms with Gasteiger partial charge in [0.15, 0.2) is 0 Å². The predicted molar refractivity (Wildman–Crippen MR) is 82.3 cm³/mol. The van der Waals surface area contributed by atoms with E-state index in [2.05, 4.69) is 5.32 Å². The van der Waals surface area contributed by atoms with E-state index in [9.17, 15) is 13.2 Å². The molecule has 0 bridgehead atoms. The fourth-order valence-electron chi connectivity index (χ4n) is 1.74. The molecule has 0 fully saturated rings. The predicted octanol–water partition coefficient (Wildman–Crippen LogP) is 3.52. The molecular formula is C15H14ClNO3S. The van der Waals surface area contributed by atoms with Crippen LogP contribution in [0.5, 0.6) is 0 Å². The van der Waals surface area contributed by atoms with Gasteiger partial charge in [-0.15, -0.1) is 0 Å². The summed E-state index contributed by atoms with van der Waals surface area (Å²) in [4.78, 5) is 11.7. The first-order valence-corrected chi connectivity index (χ1v) is 8.21. The third-order valence-electron chi connectivity index (χ3n) is 2.90. The monoisotopic (exact) mass is 323 g/mol. The van der Waals surface area contributed by atoms with Crippen LogP contribution in [0.3, 0.4) is 0 Å². The van der Waals surface area contributed by atoms with Crippen molar-refractivity contribution in [1.29, 1.82) is 0 Å². The summed E-state index contributed by atoms with van der Waals surface area (Å²) in [6, 6.07) is 12.4. The van der Waals surface area contributed by atoms with Gasteiger partial charge >= 0.3 is 0 Å². The Hall–Kier alpha value is -1.85. The molecule has 1 amide bonds. The average molecular weight is 324 g/mol. The van der Waals surface area contributed by atoms with Gasteiger partial charge in [0.05, 0.1) is 20.5 Å². The first-order valence-electron chi connectivity index (χ1n) is 6.34. The molecule has 110 valence electrons. The Morgan fingerprint density at radius 2 is 1.76 bits per heavy atom. The molecule has 0 aromatic heterocycles. The summed E-state index contributed by atoms with van der Waals surface area (Å²) < 4.78 is 25.0. The van der Waals surface area contributed by atoms with Gasteiger partial charge in [0, 0.05) is 6.42 Å². The summed E-state index contributed by atoms with van der Waals surface area (Å²) in [7, 11) is -3.63. The van der Waals surface area contributed by atoms with Crippen molar-refractivity contribution in [2.24, 2.45) is 0 Å². The Morgan fingerprint density at radius 1 is 1.10 bits per heavy atom. The lowest BCUT2D eigenvalue weighted by Crippen LogP contribution is -2.11. The zero-order chi connectivity index (χ0) is 15.5. The van der Waals surface area contributed by atoms with E-state index >= 15 is 0 Å². The van der Waals surface area contributed by atoms with E-state index in [4.69, 9.17) is 11.6 Å². The van der Waals surface area contributed by atoms with Gasteiger partial charge in [0.25, 0.3) is 0 Å². The molecule has 0 atom stereocenters. The first kappa shape index (κ1) is 15.5. The normalized spacial score (nSPS) is 11.1. The lowest BCUT2D eigenvalue weighted by Gasteiger charge is -2.09. The van der Waals surface area contributed by atoms with Crippen LogP contribution >= 0.6 is 11.6 Å². The highest BCUT2D eigenvalue weighted by Gasteiger charge is 2.18. The lowest BCUT2D eigenvalue weighted by molar-refractivity contribution is -0.115. The van der Waals surface area contributed by atoms with E-state index in [-0.39, 0.29) is 22.1 Å². The molecule has 2 rings (SSSR count). The van der Waals surface area contributed by atoms with Crippen LogP contribution in [0.25, 0.3) is 0 Å². The van der Waals surface area contributed by atoms with E-state index in [1.165, 1.54) is 30.3 Å². The minimum absolute atomic E-state index is 0.0875. The van der Waals surface area contributed by atoms with Gasteiger partial charge in [-0.05, 0) is 30.3 Å². The Balaban J connectivity index is 2.46. The van der Waals surface area contributed by atoms with E-state index in [1.54, 1.807) is 25.1 Å². The summed E-state index contributed by atoms with van der Waals surface area (Å²) in [5.41, 5.74) is 0.292. The minimum atomic E-state index is -3.63. The third kappa shape index (κ3) is 3.43. The van der Waals surface area contributed by atoms with Crippen molar-refractivity contribution in [3.63, 3.8) is 0 Å². The average Bonchev–Trinajstić information content (AvgIpc) is 2.50. The molecule has 0 aliphatic heterocycles. The van der Waals surface area contributed by atoms with Gasteiger partial charge in [-0.3, -0.25) is 4.79 Å². The van der Waals surface area contributed by atoms with Crippen molar-refractivity contribution in [3.05, 3.63) is 53.6 Å². The number of rotatable bonds is 4. The summed E-state index contributed by atoms with van der Waals surface area (Å²) in [5, 5.41) is 2.88. The second-order valence-corrected chi connectivity index (χ2v) is 6.72. The number of carbonyl (C=O) groups excluding carboxylic acids is 1. The van der Waals surface area contributed by atoms with Crippen LogP contribution in [0, 0.1) is 0 Å². The van der Waals surface area contributed by atoms with Gasteiger partial charge in [-0.25, -0.2) is 8.42 Å². The molecule has 0 saturated heterocycles. The highest BCUT2D eigenvalue weighted by atomic mass is 35.5. The Labute approximate surface area is 128 Å². The van der Waals surface area contributed by atoms with Crippen LogP contribution in [0.4, 0.5) is 5.69 Å². The van der Waals surface area contributed by atoms with Crippen LogP contribution in [-0.4, -0.2) is 14.3 Å². The molecule has 4 nitrogen and oxygen atoms in total. The number of halogens is 1. The Morgan fingerprint density at radius 3 is 2.38 bits per heavy atom. The summed E-state index contributed by atoms with van der Waals surface area (Å²) in [5.74, 6) is -0.230. The smallest absolute Gasteiger partial charge is 0.224 e.